The zero-order chi connectivity index (χ0) is 10.6. The summed E-state index contributed by atoms with van der Waals surface area (Å²) in [4.78, 5) is 0. The van der Waals surface area contributed by atoms with E-state index in [0.717, 1.165) is 13.0 Å². The van der Waals surface area contributed by atoms with Crippen LogP contribution in [0.25, 0.3) is 0 Å². The van der Waals surface area contributed by atoms with Crippen LogP contribution in [0.15, 0.2) is 24.3 Å². The minimum atomic E-state index is 0.177. The second-order valence-electron chi connectivity index (χ2n) is 4.59. The maximum absolute atomic E-state index is 9.10. The first-order valence-electron chi connectivity index (χ1n) is 5.00. The monoisotopic (exact) mass is 193 g/mol. The van der Waals surface area contributed by atoms with Crippen molar-refractivity contribution in [3.05, 3.63) is 29.8 Å². The van der Waals surface area contributed by atoms with Crippen molar-refractivity contribution in [3.63, 3.8) is 0 Å². The molecule has 0 atom stereocenters. The molecule has 0 fully saturated rings. The first-order valence-corrected chi connectivity index (χ1v) is 5.00. The lowest BCUT2D eigenvalue weighted by atomic mass is 10.1. The Morgan fingerprint density at radius 3 is 2.21 bits per heavy atom. The number of phenolic OH excluding ortho intramolecular Hbond substituents is 1. The van der Waals surface area contributed by atoms with E-state index in [4.69, 9.17) is 5.11 Å². The van der Waals surface area contributed by atoms with Gasteiger partial charge in [0.2, 0.25) is 0 Å². The molecule has 0 aliphatic rings. The lowest BCUT2D eigenvalue weighted by Gasteiger charge is -2.20. The summed E-state index contributed by atoms with van der Waals surface area (Å²) in [6.45, 7) is 7.44. The molecular formula is C12H19NO. The molecule has 1 rings (SSSR count). The summed E-state index contributed by atoms with van der Waals surface area (Å²) in [5.74, 6) is 0.331. The highest BCUT2D eigenvalue weighted by Crippen LogP contribution is 2.10. The summed E-state index contributed by atoms with van der Waals surface area (Å²) < 4.78 is 0. The summed E-state index contributed by atoms with van der Waals surface area (Å²) in [6.07, 6.45) is 0.998. The second kappa shape index (κ2) is 4.47. The van der Waals surface area contributed by atoms with Gasteiger partial charge in [-0.15, -0.1) is 0 Å². The third-order valence-electron chi connectivity index (χ3n) is 2.01. The molecule has 2 nitrogen and oxygen atoms in total. The van der Waals surface area contributed by atoms with Crippen LogP contribution >= 0.6 is 0 Å². The zero-order valence-electron chi connectivity index (χ0n) is 9.17. The Morgan fingerprint density at radius 2 is 1.71 bits per heavy atom. The molecule has 0 aromatic heterocycles. The summed E-state index contributed by atoms with van der Waals surface area (Å²) in [7, 11) is 0. The fraction of sp³-hybridized carbons (Fsp3) is 0.500. The molecule has 0 amide bonds. The average Bonchev–Trinajstić information content (AvgIpc) is 2.06. The van der Waals surface area contributed by atoms with Gasteiger partial charge in [-0.05, 0) is 51.4 Å². The van der Waals surface area contributed by atoms with Crippen LogP contribution in [0.5, 0.6) is 5.75 Å². The molecule has 0 unspecified atom stereocenters. The maximum Gasteiger partial charge on any atom is 0.115 e. The number of hydrogen-bond donors (Lipinski definition) is 2. The minimum absolute atomic E-state index is 0.177. The number of phenols is 1. The van der Waals surface area contributed by atoms with Gasteiger partial charge in [-0.1, -0.05) is 12.1 Å². The highest BCUT2D eigenvalue weighted by molar-refractivity contribution is 5.25. The van der Waals surface area contributed by atoms with E-state index < -0.39 is 0 Å². The van der Waals surface area contributed by atoms with Gasteiger partial charge in [-0.3, -0.25) is 0 Å². The van der Waals surface area contributed by atoms with E-state index in [2.05, 4.69) is 26.1 Å². The quantitative estimate of drug-likeness (QED) is 0.772. The second-order valence-corrected chi connectivity index (χ2v) is 4.59. The molecular weight excluding hydrogens is 174 g/mol. The van der Waals surface area contributed by atoms with Gasteiger partial charge in [-0.25, -0.2) is 0 Å². The van der Waals surface area contributed by atoms with Crippen LogP contribution in [-0.4, -0.2) is 17.2 Å². The molecule has 0 heterocycles. The summed E-state index contributed by atoms with van der Waals surface area (Å²) in [6, 6.07) is 7.37. The van der Waals surface area contributed by atoms with E-state index in [-0.39, 0.29) is 5.54 Å². The smallest absolute Gasteiger partial charge is 0.115 e. The normalized spacial score (nSPS) is 11.6. The van der Waals surface area contributed by atoms with Gasteiger partial charge in [0, 0.05) is 5.54 Å². The van der Waals surface area contributed by atoms with E-state index in [9.17, 15) is 0 Å². The van der Waals surface area contributed by atoms with Crippen molar-refractivity contribution in [3.8, 4) is 5.75 Å². The van der Waals surface area contributed by atoms with Crippen molar-refractivity contribution >= 4 is 0 Å². The highest BCUT2D eigenvalue weighted by Gasteiger charge is 2.07. The molecule has 0 saturated carbocycles. The Labute approximate surface area is 86.0 Å². The molecule has 0 radical (unpaired) electrons. The van der Waals surface area contributed by atoms with Crippen molar-refractivity contribution in [2.75, 3.05) is 6.54 Å². The molecule has 2 N–H and O–H groups in total. The number of rotatable bonds is 3. The van der Waals surface area contributed by atoms with Crippen LogP contribution in [0.1, 0.15) is 26.3 Å². The summed E-state index contributed by atoms with van der Waals surface area (Å²) in [5, 5.41) is 12.5. The molecule has 1 aromatic rings. The topological polar surface area (TPSA) is 32.3 Å². The van der Waals surface area contributed by atoms with E-state index >= 15 is 0 Å². The summed E-state index contributed by atoms with van der Waals surface area (Å²) >= 11 is 0. The van der Waals surface area contributed by atoms with Crippen LogP contribution in [0.3, 0.4) is 0 Å². The van der Waals surface area contributed by atoms with Crippen LogP contribution in [0, 0.1) is 0 Å². The first kappa shape index (κ1) is 11.1. The van der Waals surface area contributed by atoms with Gasteiger partial charge in [-0.2, -0.15) is 0 Å². The van der Waals surface area contributed by atoms with Crippen LogP contribution in [0.4, 0.5) is 0 Å². The van der Waals surface area contributed by atoms with E-state index in [1.54, 1.807) is 12.1 Å². The molecule has 0 saturated heterocycles. The molecule has 0 bridgehead atoms. The van der Waals surface area contributed by atoms with Gasteiger partial charge in [0.25, 0.3) is 0 Å². The lowest BCUT2D eigenvalue weighted by molar-refractivity contribution is 0.429. The van der Waals surface area contributed by atoms with Crippen molar-refractivity contribution in [1.82, 2.24) is 5.32 Å². The van der Waals surface area contributed by atoms with Crippen LogP contribution in [-0.2, 0) is 6.42 Å². The Kier molecular flexibility index (Phi) is 3.53. The lowest BCUT2D eigenvalue weighted by Crippen LogP contribution is -2.37. The first-order chi connectivity index (χ1) is 6.47. The largest absolute Gasteiger partial charge is 0.508 e. The van der Waals surface area contributed by atoms with E-state index in [1.165, 1.54) is 5.56 Å². The van der Waals surface area contributed by atoms with Gasteiger partial charge < -0.3 is 10.4 Å². The van der Waals surface area contributed by atoms with Gasteiger partial charge in [0.1, 0.15) is 5.75 Å². The molecule has 2 heteroatoms. The Bertz CT molecular complexity index is 271. The average molecular weight is 193 g/mol. The van der Waals surface area contributed by atoms with Gasteiger partial charge in [0.05, 0.1) is 0 Å². The summed E-state index contributed by atoms with van der Waals surface area (Å²) in [5.41, 5.74) is 1.43. The fourth-order valence-electron chi connectivity index (χ4n) is 1.24. The highest BCUT2D eigenvalue weighted by atomic mass is 16.3. The van der Waals surface area contributed by atoms with Crippen LogP contribution < -0.4 is 5.32 Å². The van der Waals surface area contributed by atoms with Crippen molar-refractivity contribution in [2.24, 2.45) is 0 Å². The van der Waals surface area contributed by atoms with Crippen molar-refractivity contribution < 1.29 is 5.11 Å². The Balaban J connectivity index is 2.35. The molecule has 0 spiro atoms. The third kappa shape index (κ3) is 4.28. The fourth-order valence-corrected chi connectivity index (χ4v) is 1.24. The van der Waals surface area contributed by atoms with Crippen molar-refractivity contribution in [2.45, 2.75) is 32.7 Å². The SMILES string of the molecule is CC(C)(C)NCCc1ccc(O)cc1. The maximum atomic E-state index is 9.10. The van der Waals surface area contributed by atoms with E-state index in [0.29, 0.717) is 5.75 Å². The molecule has 0 aliphatic heterocycles. The minimum Gasteiger partial charge on any atom is -0.508 e. The number of aromatic hydroxyl groups is 1. The molecule has 1 aromatic carbocycles. The van der Waals surface area contributed by atoms with Crippen LogP contribution in [0.2, 0.25) is 0 Å². The van der Waals surface area contributed by atoms with E-state index in [1.807, 2.05) is 12.1 Å². The predicted molar refractivity (Wildman–Crippen MR) is 59.6 cm³/mol. The number of hydrogen-bond acceptors (Lipinski definition) is 2. The number of nitrogens with one attached hydrogen (secondary N) is 1. The Hall–Kier alpha value is -1.02. The molecule has 78 valence electrons. The molecule has 14 heavy (non-hydrogen) atoms. The van der Waals surface area contributed by atoms with Gasteiger partial charge in [0.15, 0.2) is 0 Å². The number of benzene rings is 1. The predicted octanol–water partition coefficient (Wildman–Crippen LogP) is 2.32. The van der Waals surface area contributed by atoms with Gasteiger partial charge >= 0.3 is 0 Å². The van der Waals surface area contributed by atoms with Crippen molar-refractivity contribution in [1.29, 1.82) is 0 Å². The Morgan fingerprint density at radius 1 is 1.14 bits per heavy atom. The molecule has 0 aliphatic carbocycles. The zero-order valence-corrected chi connectivity index (χ0v) is 9.17. The third-order valence-corrected chi connectivity index (χ3v) is 2.01. The standard InChI is InChI=1S/C12H19NO/c1-12(2,3)13-9-8-10-4-6-11(14)7-5-10/h4-7,13-14H,8-9H2,1-3H3.